The van der Waals surface area contributed by atoms with Crippen LogP contribution in [0.5, 0.6) is 5.75 Å². The number of amides is 1. The summed E-state index contributed by atoms with van der Waals surface area (Å²) in [5.41, 5.74) is 2.39. The van der Waals surface area contributed by atoms with Crippen LogP contribution in [-0.2, 0) is 4.79 Å². The fourth-order valence-electron chi connectivity index (χ4n) is 4.28. The molecule has 202 valence electrons. The van der Waals surface area contributed by atoms with E-state index in [2.05, 4.69) is 25.0 Å². The van der Waals surface area contributed by atoms with Gasteiger partial charge in [-0.2, -0.15) is 10.2 Å². The number of benzene rings is 1. The van der Waals surface area contributed by atoms with Crippen molar-refractivity contribution in [3.8, 4) is 11.4 Å². The highest BCUT2D eigenvalue weighted by Gasteiger charge is 2.39. The highest BCUT2D eigenvalue weighted by molar-refractivity contribution is 8.15. The van der Waals surface area contributed by atoms with Gasteiger partial charge in [-0.15, -0.1) is 29.9 Å². The van der Waals surface area contributed by atoms with Crippen LogP contribution in [0, 0.1) is 0 Å². The minimum atomic E-state index is -4.74. The number of nitrogens with zero attached hydrogens (tertiary/aromatic N) is 6. The standard InChI is InChI=1S/C26H22ClF3N6O2S/c1-16-3-2-4-21(27)23(16)36-22(37)14-39-25(36)33-32-13-17-5-7-18(8-6-17)24-31-15-35(34-24)19-9-11-20(12-10-19)38-26(28,29)30/h2-7,9-13,15,18,21,23H,8,14H2,1H3/b32-13+,33-25-. The second kappa shape index (κ2) is 11.2. The van der Waals surface area contributed by atoms with Crippen molar-refractivity contribution in [3.05, 3.63) is 84.0 Å². The molecule has 1 aromatic heterocycles. The number of aromatic nitrogens is 3. The molecule has 3 unspecified atom stereocenters. The lowest BCUT2D eigenvalue weighted by molar-refractivity contribution is -0.274. The molecule has 1 saturated heterocycles. The molecule has 1 aliphatic heterocycles. The van der Waals surface area contributed by atoms with Gasteiger partial charge < -0.3 is 4.74 Å². The quantitative estimate of drug-likeness (QED) is 0.257. The zero-order valence-corrected chi connectivity index (χ0v) is 22.1. The summed E-state index contributed by atoms with van der Waals surface area (Å²) >= 11 is 7.81. The number of thioether (sulfide) groups is 1. The number of hydrogen-bond acceptors (Lipinski definition) is 7. The maximum Gasteiger partial charge on any atom is 0.573 e. The van der Waals surface area contributed by atoms with Gasteiger partial charge >= 0.3 is 6.36 Å². The van der Waals surface area contributed by atoms with E-state index in [1.165, 1.54) is 47.0 Å². The Bertz CT molecular complexity index is 1430. The molecular formula is C26H22ClF3N6O2S. The summed E-state index contributed by atoms with van der Waals surface area (Å²) in [6, 6.07) is 5.10. The second-order valence-corrected chi connectivity index (χ2v) is 10.3. The largest absolute Gasteiger partial charge is 0.573 e. The molecule has 0 saturated carbocycles. The monoisotopic (exact) mass is 574 g/mol. The molecule has 1 amide bonds. The van der Waals surface area contributed by atoms with Crippen molar-refractivity contribution in [1.82, 2.24) is 19.7 Å². The summed E-state index contributed by atoms with van der Waals surface area (Å²) in [6.45, 7) is 1.94. The highest BCUT2D eigenvalue weighted by atomic mass is 35.5. The van der Waals surface area contributed by atoms with Gasteiger partial charge in [-0.25, -0.2) is 9.67 Å². The Labute approximate surface area is 231 Å². The Morgan fingerprint density at radius 2 is 2.03 bits per heavy atom. The molecule has 5 rings (SSSR count). The topological polar surface area (TPSA) is 85.0 Å². The van der Waals surface area contributed by atoms with Crippen LogP contribution in [0.4, 0.5) is 13.2 Å². The minimum absolute atomic E-state index is 0.0511. The third kappa shape index (κ3) is 6.34. The molecule has 2 aliphatic carbocycles. The molecule has 0 bridgehead atoms. The van der Waals surface area contributed by atoms with Crippen molar-refractivity contribution in [2.24, 2.45) is 10.2 Å². The van der Waals surface area contributed by atoms with Gasteiger partial charge in [0.05, 0.1) is 29.1 Å². The van der Waals surface area contributed by atoms with Crippen molar-refractivity contribution < 1.29 is 22.7 Å². The lowest BCUT2D eigenvalue weighted by Gasteiger charge is -2.31. The summed E-state index contributed by atoms with van der Waals surface area (Å²) in [7, 11) is 0. The molecule has 39 heavy (non-hydrogen) atoms. The number of halogens is 4. The van der Waals surface area contributed by atoms with Crippen LogP contribution in [-0.4, -0.2) is 60.5 Å². The Morgan fingerprint density at radius 3 is 2.72 bits per heavy atom. The number of alkyl halides is 4. The van der Waals surface area contributed by atoms with Gasteiger partial charge in [-0.05, 0) is 48.8 Å². The summed E-state index contributed by atoms with van der Waals surface area (Å²) in [4.78, 5) is 18.5. The lowest BCUT2D eigenvalue weighted by Crippen LogP contribution is -2.45. The fraction of sp³-hybridized carbons (Fsp3) is 0.269. The Balaban J connectivity index is 1.21. The molecule has 13 heteroatoms. The number of ether oxygens (including phenoxy) is 1. The first-order valence-corrected chi connectivity index (χ1v) is 13.3. The molecule has 3 aliphatic rings. The van der Waals surface area contributed by atoms with E-state index in [9.17, 15) is 18.0 Å². The summed E-state index contributed by atoms with van der Waals surface area (Å²) < 4.78 is 42.5. The van der Waals surface area contributed by atoms with E-state index in [-0.39, 0.29) is 29.0 Å². The second-order valence-electron chi connectivity index (χ2n) is 8.86. The molecule has 8 nitrogen and oxygen atoms in total. The zero-order valence-electron chi connectivity index (χ0n) is 20.5. The van der Waals surface area contributed by atoms with Gasteiger partial charge in [0.2, 0.25) is 5.91 Å². The van der Waals surface area contributed by atoms with Crippen molar-refractivity contribution in [2.45, 2.75) is 37.0 Å². The molecule has 2 aromatic rings. The number of carbonyl (C=O) groups is 1. The summed E-state index contributed by atoms with van der Waals surface area (Å²) in [6.07, 6.45) is 10.5. The summed E-state index contributed by atoms with van der Waals surface area (Å²) in [5, 5.41) is 13.2. The molecule has 2 heterocycles. The van der Waals surface area contributed by atoms with Crippen molar-refractivity contribution in [2.75, 3.05) is 5.75 Å². The predicted molar refractivity (Wildman–Crippen MR) is 144 cm³/mol. The first kappa shape index (κ1) is 26.9. The number of amidine groups is 1. The van der Waals surface area contributed by atoms with E-state index in [1.54, 1.807) is 11.1 Å². The maximum atomic E-state index is 12.5. The molecule has 0 N–H and O–H groups in total. The van der Waals surface area contributed by atoms with Crippen LogP contribution >= 0.6 is 23.4 Å². The van der Waals surface area contributed by atoms with Crippen molar-refractivity contribution >= 4 is 40.7 Å². The van der Waals surface area contributed by atoms with Crippen LogP contribution in [0.2, 0.25) is 0 Å². The van der Waals surface area contributed by atoms with Crippen molar-refractivity contribution in [3.63, 3.8) is 0 Å². The van der Waals surface area contributed by atoms with E-state index in [4.69, 9.17) is 11.6 Å². The lowest BCUT2D eigenvalue weighted by atomic mass is 9.96. The average Bonchev–Trinajstić information content (AvgIpc) is 3.52. The van der Waals surface area contributed by atoms with E-state index in [0.717, 1.165) is 11.1 Å². The van der Waals surface area contributed by atoms with Gasteiger partial charge in [0, 0.05) is 5.92 Å². The van der Waals surface area contributed by atoms with Crippen LogP contribution in [0.3, 0.4) is 0 Å². The van der Waals surface area contributed by atoms with E-state index >= 15 is 0 Å². The van der Waals surface area contributed by atoms with Gasteiger partial charge in [0.25, 0.3) is 0 Å². The van der Waals surface area contributed by atoms with Crippen molar-refractivity contribution in [1.29, 1.82) is 0 Å². The van der Waals surface area contributed by atoms with E-state index < -0.39 is 6.36 Å². The van der Waals surface area contributed by atoms with Gasteiger partial charge in [-0.1, -0.05) is 48.2 Å². The number of hydrogen-bond donors (Lipinski definition) is 0. The third-order valence-electron chi connectivity index (χ3n) is 6.15. The molecule has 0 radical (unpaired) electrons. The Kier molecular flexibility index (Phi) is 7.76. The fourth-order valence-corrected chi connectivity index (χ4v) is 5.52. The average molecular weight is 575 g/mol. The van der Waals surface area contributed by atoms with E-state index in [1.807, 2.05) is 43.4 Å². The highest BCUT2D eigenvalue weighted by Crippen LogP contribution is 2.31. The van der Waals surface area contributed by atoms with Gasteiger partial charge in [0.15, 0.2) is 11.0 Å². The zero-order chi connectivity index (χ0) is 27.6. The van der Waals surface area contributed by atoms with E-state index in [0.29, 0.717) is 28.9 Å². The number of allylic oxidation sites excluding steroid dienone is 6. The maximum absolute atomic E-state index is 12.5. The first-order chi connectivity index (χ1) is 18.7. The number of rotatable bonds is 6. The van der Waals surface area contributed by atoms with Gasteiger partial charge in [-0.3, -0.25) is 9.69 Å². The third-order valence-corrected chi connectivity index (χ3v) is 7.47. The molecule has 1 fully saturated rings. The van der Waals surface area contributed by atoms with Crippen LogP contribution in [0.25, 0.3) is 5.69 Å². The minimum Gasteiger partial charge on any atom is -0.406 e. The Morgan fingerprint density at radius 1 is 1.23 bits per heavy atom. The predicted octanol–water partition coefficient (Wildman–Crippen LogP) is 5.55. The molecule has 3 atom stereocenters. The van der Waals surface area contributed by atoms with Gasteiger partial charge in [0.1, 0.15) is 12.1 Å². The molecular weight excluding hydrogens is 553 g/mol. The first-order valence-electron chi connectivity index (χ1n) is 11.9. The molecule has 0 spiro atoms. The number of carbonyl (C=O) groups excluding carboxylic acids is 1. The smallest absolute Gasteiger partial charge is 0.406 e. The SMILES string of the molecule is CC1=CC=CC(Cl)C1N1C(=O)CS/C1=N\N=C\C1=CCC(c2ncn(-c3ccc(OC(F)(F)F)cc3)n2)C=C1. The van der Waals surface area contributed by atoms with Crippen LogP contribution in [0.15, 0.2) is 88.4 Å². The van der Waals surface area contributed by atoms with Crippen LogP contribution in [0.1, 0.15) is 25.1 Å². The molecule has 1 aromatic carbocycles. The normalized spacial score (nSPS) is 24.5. The summed E-state index contributed by atoms with van der Waals surface area (Å²) in [5.74, 6) is 0.436. The Hall–Kier alpha value is -3.64. The van der Waals surface area contributed by atoms with Crippen LogP contribution < -0.4 is 4.74 Å².